The molecule has 1 saturated heterocycles. The fourth-order valence-electron chi connectivity index (χ4n) is 1.23. The predicted molar refractivity (Wildman–Crippen MR) is 43.7 cm³/mol. The van der Waals surface area contributed by atoms with Crippen molar-refractivity contribution in [3.8, 4) is 0 Å². The Labute approximate surface area is 79.8 Å². The molecule has 0 spiro atoms. The molecule has 1 atom stereocenters. The summed E-state index contributed by atoms with van der Waals surface area (Å²) in [6.45, 7) is -0.183. The minimum Gasteiger partial charge on any atom is -0.467 e. The molecule has 7 nitrogen and oxygen atoms in total. The van der Waals surface area contributed by atoms with Gasteiger partial charge in [0.2, 0.25) is 0 Å². The van der Waals surface area contributed by atoms with Gasteiger partial charge < -0.3 is 14.7 Å². The maximum Gasteiger partial charge on any atom is 0.415 e. The molecule has 0 aliphatic carbocycles. The van der Waals surface area contributed by atoms with E-state index in [1.165, 1.54) is 14.2 Å². The lowest BCUT2D eigenvalue weighted by Gasteiger charge is -2.14. The second-order valence-corrected chi connectivity index (χ2v) is 2.83. The van der Waals surface area contributed by atoms with Gasteiger partial charge in [0.1, 0.15) is 6.04 Å². The lowest BCUT2D eigenvalue weighted by Crippen LogP contribution is -2.37. The zero-order chi connectivity index (χ0) is 10.9. The summed E-state index contributed by atoms with van der Waals surface area (Å²) in [5.41, 5.74) is 0. The Kier molecular flexibility index (Phi) is 2.59. The summed E-state index contributed by atoms with van der Waals surface area (Å²) in [5, 5.41) is 8.60. The largest absolute Gasteiger partial charge is 0.467 e. The number of esters is 1. The van der Waals surface area contributed by atoms with Crippen molar-refractivity contribution in [1.82, 2.24) is 9.80 Å². The molecule has 7 heteroatoms. The van der Waals surface area contributed by atoms with Gasteiger partial charge in [0.15, 0.2) is 0 Å². The molecule has 1 rings (SSSR count). The lowest BCUT2D eigenvalue weighted by molar-refractivity contribution is -0.144. The van der Waals surface area contributed by atoms with Crippen LogP contribution in [-0.2, 0) is 9.53 Å². The number of hydrogen-bond acceptors (Lipinski definition) is 4. The quantitative estimate of drug-likeness (QED) is 0.583. The molecule has 3 amide bonds. The van der Waals surface area contributed by atoms with E-state index in [1.807, 2.05) is 0 Å². The molecule has 1 fully saturated rings. The number of rotatable bonds is 1. The molecular formula is C7H10N2O5. The third-order valence-corrected chi connectivity index (χ3v) is 2.06. The van der Waals surface area contributed by atoms with Crippen LogP contribution in [0.15, 0.2) is 0 Å². The van der Waals surface area contributed by atoms with Crippen molar-refractivity contribution in [2.24, 2.45) is 0 Å². The lowest BCUT2D eigenvalue weighted by atomic mass is 10.3. The zero-order valence-corrected chi connectivity index (χ0v) is 7.76. The van der Waals surface area contributed by atoms with Crippen molar-refractivity contribution < 1.29 is 24.2 Å². The molecule has 0 aromatic rings. The third kappa shape index (κ3) is 1.48. The van der Waals surface area contributed by atoms with E-state index in [9.17, 15) is 14.4 Å². The van der Waals surface area contributed by atoms with Gasteiger partial charge >= 0.3 is 18.1 Å². The van der Waals surface area contributed by atoms with Crippen LogP contribution < -0.4 is 0 Å². The van der Waals surface area contributed by atoms with E-state index < -0.39 is 24.1 Å². The number of methoxy groups -OCH3 is 1. The number of carbonyl (C=O) groups is 3. The Bertz CT molecular complexity index is 290. The van der Waals surface area contributed by atoms with Gasteiger partial charge in [0, 0.05) is 7.05 Å². The van der Waals surface area contributed by atoms with Gasteiger partial charge in [-0.2, -0.15) is 0 Å². The molecule has 0 saturated carbocycles. The number of carbonyl (C=O) groups excluding carboxylic acids is 2. The van der Waals surface area contributed by atoms with E-state index in [1.54, 1.807) is 0 Å². The molecule has 0 radical (unpaired) electrons. The van der Waals surface area contributed by atoms with Crippen molar-refractivity contribution in [2.45, 2.75) is 6.04 Å². The van der Waals surface area contributed by atoms with Crippen molar-refractivity contribution in [1.29, 1.82) is 0 Å². The van der Waals surface area contributed by atoms with Crippen LogP contribution in [0.5, 0.6) is 0 Å². The van der Waals surface area contributed by atoms with E-state index in [0.29, 0.717) is 4.90 Å². The van der Waals surface area contributed by atoms with E-state index in [0.717, 1.165) is 4.90 Å². The highest BCUT2D eigenvalue weighted by atomic mass is 16.5. The second-order valence-electron chi connectivity index (χ2n) is 2.83. The Morgan fingerprint density at radius 1 is 1.57 bits per heavy atom. The molecule has 1 unspecified atom stereocenters. The zero-order valence-electron chi connectivity index (χ0n) is 7.76. The summed E-state index contributed by atoms with van der Waals surface area (Å²) in [7, 11) is 2.54. The van der Waals surface area contributed by atoms with Crippen LogP contribution in [0.1, 0.15) is 0 Å². The number of ether oxygens (including phenoxy) is 1. The summed E-state index contributed by atoms with van der Waals surface area (Å²) < 4.78 is 4.43. The summed E-state index contributed by atoms with van der Waals surface area (Å²) in [6.07, 6.45) is -1.37. The van der Waals surface area contributed by atoms with E-state index in [2.05, 4.69) is 4.74 Å². The van der Waals surface area contributed by atoms with Gasteiger partial charge in [0.25, 0.3) is 0 Å². The number of likely N-dealkylation sites (N-methyl/N-ethyl adjacent to an activating group) is 1. The number of urea groups is 1. The Hall–Kier alpha value is -1.79. The van der Waals surface area contributed by atoms with Gasteiger partial charge in [-0.15, -0.1) is 0 Å². The number of hydrogen-bond donors (Lipinski definition) is 1. The highest BCUT2D eigenvalue weighted by Crippen LogP contribution is 2.14. The first kappa shape index (κ1) is 10.3. The van der Waals surface area contributed by atoms with Gasteiger partial charge in [-0.25, -0.2) is 19.3 Å². The highest BCUT2D eigenvalue weighted by molar-refractivity contribution is 5.96. The first-order valence-electron chi connectivity index (χ1n) is 3.84. The Morgan fingerprint density at radius 2 is 2.14 bits per heavy atom. The molecule has 0 aromatic carbocycles. The fourth-order valence-corrected chi connectivity index (χ4v) is 1.23. The minimum absolute atomic E-state index is 0.183. The SMILES string of the molecule is COC(=O)C1CN(C(=O)O)C(=O)N1C. The normalized spacial score (nSPS) is 21.3. The maximum absolute atomic E-state index is 11.2. The van der Waals surface area contributed by atoms with Crippen LogP contribution in [0.4, 0.5) is 9.59 Å². The van der Waals surface area contributed by atoms with Crippen LogP contribution in [-0.4, -0.2) is 59.7 Å². The number of imide groups is 1. The highest BCUT2D eigenvalue weighted by Gasteiger charge is 2.42. The summed E-state index contributed by atoms with van der Waals surface area (Å²) in [5.74, 6) is -0.621. The van der Waals surface area contributed by atoms with E-state index in [4.69, 9.17) is 5.11 Å². The molecule has 14 heavy (non-hydrogen) atoms. The molecule has 1 aliphatic rings. The standard InChI is InChI=1S/C7H10N2O5/c1-8-4(5(10)14-2)3-9(6(8)11)7(12)13/h4H,3H2,1-2H3,(H,12,13). The molecule has 1 heterocycles. The monoisotopic (exact) mass is 202 g/mol. The second kappa shape index (κ2) is 3.52. The third-order valence-electron chi connectivity index (χ3n) is 2.06. The van der Waals surface area contributed by atoms with Crippen LogP contribution >= 0.6 is 0 Å². The van der Waals surface area contributed by atoms with Crippen molar-refractivity contribution in [3.63, 3.8) is 0 Å². The number of nitrogens with zero attached hydrogens (tertiary/aromatic N) is 2. The number of amides is 3. The topological polar surface area (TPSA) is 87.1 Å². The molecule has 0 bridgehead atoms. The molecule has 1 N–H and O–H groups in total. The summed E-state index contributed by atoms with van der Waals surface area (Å²) >= 11 is 0. The van der Waals surface area contributed by atoms with Gasteiger partial charge in [-0.05, 0) is 0 Å². The summed E-state index contributed by atoms with van der Waals surface area (Å²) in [6, 6.07) is -1.56. The van der Waals surface area contributed by atoms with Gasteiger partial charge in [0.05, 0.1) is 13.7 Å². The van der Waals surface area contributed by atoms with Gasteiger partial charge in [-0.3, -0.25) is 0 Å². The molecular weight excluding hydrogens is 192 g/mol. The van der Waals surface area contributed by atoms with Crippen molar-refractivity contribution in [2.75, 3.05) is 20.7 Å². The summed E-state index contributed by atoms with van der Waals surface area (Å²) in [4.78, 5) is 34.5. The van der Waals surface area contributed by atoms with Crippen molar-refractivity contribution >= 4 is 18.1 Å². The Morgan fingerprint density at radius 3 is 2.50 bits per heavy atom. The van der Waals surface area contributed by atoms with Crippen LogP contribution in [0.3, 0.4) is 0 Å². The van der Waals surface area contributed by atoms with Crippen LogP contribution in [0.2, 0.25) is 0 Å². The molecule has 1 aliphatic heterocycles. The number of carboxylic acid groups (broad SMARTS) is 1. The van der Waals surface area contributed by atoms with Crippen LogP contribution in [0.25, 0.3) is 0 Å². The smallest absolute Gasteiger partial charge is 0.415 e. The first-order chi connectivity index (χ1) is 6.49. The van der Waals surface area contributed by atoms with Crippen molar-refractivity contribution in [3.05, 3.63) is 0 Å². The van der Waals surface area contributed by atoms with E-state index in [-0.39, 0.29) is 6.54 Å². The Balaban J connectivity index is 2.82. The average Bonchev–Trinajstić information content (AvgIpc) is 2.43. The van der Waals surface area contributed by atoms with Crippen LogP contribution in [0, 0.1) is 0 Å². The minimum atomic E-state index is -1.37. The first-order valence-corrected chi connectivity index (χ1v) is 3.84. The van der Waals surface area contributed by atoms with Gasteiger partial charge in [-0.1, -0.05) is 0 Å². The predicted octanol–water partition coefficient (Wildman–Crippen LogP) is -0.427. The molecule has 0 aromatic heterocycles. The fraction of sp³-hybridized carbons (Fsp3) is 0.571. The van der Waals surface area contributed by atoms with E-state index >= 15 is 0 Å². The molecule has 78 valence electrons. The average molecular weight is 202 g/mol. The maximum atomic E-state index is 11.2.